The van der Waals surface area contributed by atoms with E-state index in [-0.39, 0.29) is 18.2 Å². The first-order valence-corrected chi connectivity index (χ1v) is 8.53. The van der Waals surface area contributed by atoms with Crippen LogP contribution in [0.5, 0.6) is 5.75 Å². The van der Waals surface area contributed by atoms with Crippen molar-refractivity contribution in [2.45, 2.75) is 30.7 Å². The Balaban J connectivity index is 1.84. The summed E-state index contributed by atoms with van der Waals surface area (Å²) in [7, 11) is 0. The zero-order chi connectivity index (χ0) is 17.1. The Morgan fingerprint density at radius 2 is 2.08 bits per heavy atom. The fraction of sp³-hybridized carbons (Fsp3) is 0.294. The molecule has 124 valence electrons. The van der Waals surface area contributed by atoms with Gasteiger partial charge in [0.15, 0.2) is 5.16 Å². The van der Waals surface area contributed by atoms with Gasteiger partial charge in [0.25, 0.3) is 0 Å². The number of rotatable bonds is 5. The largest absolute Gasteiger partial charge is 0.492 e. The van der Waals surface area contributed by atoms with E-state index >= 15 is 0 Å². The molecule has 1 aliphatic heterocycles. The van der Waals surface area contributed by atoms with Crippen LogP contribution in [0.15, 0.2) is 41.7 Å². The lowest BCUT2D eigenvalue weighted by Gasteiger charge is -2.18. The highest BCUT2D eigenvalue weighted by atomic mass is 32.2. The van der Waals surface area contributed by atoms with Gasteiger partial charge in [0.1, 0.15) is 11.0 Å². The fourth-order valence-electron chi connectivity index (χ4n) is 2.48. The predicted octanol–water partition coefficient (Wildman–Crippen LogP) is 2.61. The zero-order valence-corrected chi connectivity index (χ0v) is 14.2. The van der Waals surface area contributed by atoms with E-state index in [0.717, 1.165) is 5.69 Å². The maximum absolute atomic E-state index is 12.7. The third kappa shape index (κ3) is 3.26. The SMILES string of the molecule is CCOc1ccccc1N1C(=O)C[C@@H](Sc2nccc(C)n2)C1=O. The summed E-state index contributed by atoms with van der Waals surface area (Å²) in [6.45, 7) is 4.18. The van der Waals surface area contributed by atoms with Crippen LogP contribution >= 0.6 is 11.8 Å². The number of imide groups is 1. The van der Waals surface area contributed by atoms with Gasteiger partial charge < -0.3 is 4.74 Å². The number of anilines is 1. The lowest BCUT2D eigenvalue weighted by atomic mass is 10.2. The van der Waals surface area contributed by atoms with Gasteiger partial charge in [0.05, 0.1) is 12.3 Å². The molecule has 7 heteroatoms. The molecule has 24 heavy (non-hydrogen) atoms. The molecular weight excluding hydrogens is 326 g/mol. The zero-order valence-electron chi connectivity index (χ0n) is 13.4. The molecule has 2 aromatic rings. The number of amides is 2. The topological polar surface area (TPSA) is 72.4 Å². The number of aryl methyl sites for hydroxylation is 1. The molecule has 1 aromatic carbocycles. The Bertz CT molecular complexity index is 781. The van der Waals surface area contributed by atoms with Crippen molar-refractivity contribution in [2.75, 3.05) is 11.5 Å². The highest BCUT2D eigenvalue weighted by molar-refractivity contribution is 8.00. The van der Waals surface area contributed by atoms with Crippen molar-refractivity contribution < 1.29 is 14.3 Å². The summed E-state index contributed by atoms with van der Waals surface area (Å²) in [6.07, 6.45) is 1.77. The first kappa shape index (κ1) is 16.4. The van der Waals surface area contributed by atoms with Gasteiger partial charge in [0, 0.05) is 18.3 Å². The quantitative estimate of drug-likeness (QED) is 0.614. The average Bonchev–Trinajstić information content (AvgIpc) is 2.82. The molecule has 0 bridgehead atoms. The molecule has 1 aromatic heterocycles. The number of ether oxygens (including phenoxy) is 1. The Kier molecular flexibility index (Phi) is 4.80. The van der Waals surface area contributed by atoms with Crippen molar-refractivity contribution in [3.05, 3.63) is 42.2 Å². The summed E-state index contributed by atoms with van der Waals surface area (Å²) < 4.78 is 5.54. The number of benzene rings is 1. The third-order valence-corrected chi connectivity index (χ3v) is 4.59. The Hall–Kier alpha value is -2.41. The lowest BCUT2D eigenvalue weighted by molar-refractivity contribution is -0.121. The monoisotopic (exact) mass is 343 g/mol. The number of thioether (sulfide) groups is 1. The van der Waals surface area contributed by atoms with Crippen molar-refractivity contribution in [3.8, 4) is 5.75 Å². The molecule has 0 N–H and O–H groups in total. The van der Waals surface area contributed by atoms with Crippen molar-refractivity contribution in [2.24, 2.45) is 0 Å². The Morgan fingerprint density at radius 3 is 2.83 bits per heavy atom. The predicted molar refractivity (Wildman–Crippen MR) is 91.1 cm³/mol. The Labute approximate surface area is 144 Å². The van der Waals surface area contributed by atoms with E-state index in [9.17, 15) is 9.59 Å². The van der Waals surface area contributed by atoms with Crippen LogP contribution < -0.4 is 9.64 Å². The van der Waals surface area contributed by atoms with E-state index in [0.29, 0.717) is 23.2 Å². The number of hydrogen-bond acceptors (Lipinski definition) is 6. The van der Waals surface area contributed by atoms with Crippen LogP contribution in [0.2, 0.25) is 0 Å². The summed E-state index contributed by atoms with van der Waals surface area (Å²) in [5.74, 6) is 0.0266. The van der Waals surface area contributed by atoms with Crippen molar-refractivity contribution in [3.63, 3.8) is 0 Å². The van der Waals surface area contributed by atoms with Gasteiger partial charge in [0.2, 0.25) is 11.8 Å². The molecule has 1 saturated heterocycles. The van der Waals surface area contributed by atoms with E-state index in [1.54, 1.807) is 30.5 Å². The molecule has 2 amide bonds. The standard InChI is InChI=1S/C17H17N3O3S/c1-3-23-13-7-5-4-6-12(13)20-15(21)10-14(16(20)22)24-17-18-9-8-11(2)19-17/h4-9,14H,3,10H2,1-2H3/t14-/m1/s1. The summed E-state index contributed by atoms with van der Waals surface area (Å²) >= 11 is 1.22. The van der Waals surface area contributed by atoms with Crippen LogP contribution in [0.3, 0.4) is 0 Å². The van der Waals surface area contributed by atoms with Crippen LogP contribution in [0.1, 0.15) is 19.0 Å². The smallest absolute Gasteiger partial charge is 0.248 e. The van der Waals surface area contributed by atoms with E-state index in [4.69, 9.17) is 4.74 Å². The van der Waals surface area contributed by atoms with Gasteiger partial charge in [-0.15, -0.1) is 0 Å². The van der Waals surface area contributed by atoms with Gasteiger partial charge in [-0.25, -0.2) is 14.9 Å². The lowest BCUT2D eigenvalue weighted by Crippen LogP contribution is -2.31. The highest BCUT2D eigenvalue weighted by Crippen LogP contribution is 2.36. The van der Waals surface area contributed by atoms with Gasteiger partial charge in [-0.05, 0) is 32.0 Å². The second kappa shape index (κ2) is 7.00. The maximum Gasteiger partial charge on any atom is 0.248 e. The van der Waals surface area contributed by atoms with Crippen LogP contribution in [0.4, 0.5) is 5.69 Å². The van der Waals surface area contributed by atoms with Gasteiger partial charge in [-0.3, -0.25) is 9.59 Å². The maximum atomic E-state index is 12.7. The molecule has 0 saturated carbocycles. The third-order valence-electron chi connectivity index (χ3n) is 3.53. The van der Waals surface area contributed by atoms with Gasteiger partial charge >= 0.3 is 0 Å². The second-order valence-corrected chi connectivity index (χ2v) is 6.43. The molecule has 2 heterocycles. The number of carbonyl (C=O) groups excluding carboxylic acids is 2. The minimum Gasteiger partial charge on any atom is -0.492 e. The number of nitrogens with zero attached hydrogens (tertiary/aromatic N) is 3. The van der Waals surface area contributed by atoms with Crippen LogP contribution in [0.25, 0.3) is 0 Å². The van der Waals surface area contributed by atoms with E-state index in [2.05, 4.69) is 9.97 Å². The number of carbonyl (C=O) groups is 2. The molecule has 1 atom stereocenters. The first-order valence-electron chi connectivity index (χ1n) is 7.65. The van der Waals surface area contributed by atoms with Gasteiger partial charge in [-0.1, -0.05) is 23.9 Å². The molecule has 1 aliphatic rings. The minimum atomic E-state index is -0.519. The second-order valence-electron chi connectivity index (χ2n) is 5.26. The van der Waals surface area contributed by atoms with Crippen LogP contribution in [0, 0.1) is 6.92 Å². The summed E-state index contributed by atoms with van der Waals surface area (Å²) in [4.78, 5) is 34.8. The molecular formula is C17H17N3O3S. The number of aromatic nitrogens is 2. The number of hydrogen-bond donors (Lipinski definition) is 0. The average molecular weight is 343 g/mol. The highest BCUT2D eigenvalue weighted by Gasteiger charge is 2.41. The molecule has 3 rings (SSSR count). The molecule has 1 fully saturated rings. The van der Waals surface area contributed by atoms with E-state index in [1.165, 1.54) is 16.7 Å². The van der Waals surface area contributed by atoms with E-state index < -0.39 is 5.25 Å². The Morgan fingerprint density at radius 1 is 1.29 bits per heavy atom. The normalized spacial score (nSPS) is 17.4. The first-order chi connectivity index (χ1) is 11.6. The van der Waals surface area contributed by atoms with Crippen molar-refractivity contribution in [1.29, 1.82) is 0 Å². The van der Waals surface area contributed by atoms with Crippen LogP contribution in [-0.4, -0.2) is 33.6 Å². The summed E-state index contributed by atoms with van der Waals surface area (Å²) in [6, 6.07) is 8.85. The molecule has 0 aliphatic carbocycles. The summed E-state index contributed by atoms with van der Waals surface area (Å²) in [5, 5.41) is -0.0184. The minimum absolute atomic E-state index is 0.126. The van der Waals surface area contributed by atoms with E-state index in [1.807, 2.05) is 19.9 Å². The summed E-state index contributed by atoms with van der Waals surface area (Å²) in [5.41, 5.74) is 1.31. The van der Waals surface area contributed by atoms with Crippen LogP contribution in [-0.2, 0) is 9.59 Å². The van der Waals surface area contributed by atoms with Crippen molar-refractivity contribution in [1.82, 2.24) is 9.97 Å². The molecule has 0 unspecified atom stereocenters. The molecule has 0 radical (unpaired) electrons. The fourth-order valence-corrected chi connectivity index (χ4v) is 3.48. The number of para-hydroxylation sites is 2. The molecule has 6 nitrogen and oxygen atoms in total. The van der Waals surface area contributed by atoms with Gasteiger partial charge in [-0.2, -0.15) is 0 Å². The van der Waals surface area contributed by atoms with Crippen molar-refractivity contribution >= 4 is 29.3 Å². The molecule has 0 spiro atoms.